The van der Waals surface area contributed by atoms with Gasteiger partial charge in [0.15, 0.2) is 0 Å². The summed E-state index contributed by atoms with van der Waals surface area (Å²) in [4.78, 5) is 0.936. The van der Waals surface area contributed by atoms with Crippen LogP contribution in [0.1, 0.15) is 13.8 Å². The van der Waals surface area contributed by atoms with Crippen LogP contribution in [-0.2, 0) is 10.0 Å². The number of nitrogens with one attached hydrogen (secondary N) is 1. The number of sulfonamides is 1. The quantitative estimate of drug-likeness (QED) is 0.724. The van der Waals surface area contributed by atoms with E-state index in [2.05, 4.69) is 9.46 Å². The van der Waals surface area contributed by atoms with E-state index >= 15 is 0 Å². The molecule has 2 aromatic rings. The maximum absolute atomic E-state index is 14.3. The molecule has 0 fully saturated rings. The molecule has 2 aromatic carbocycles. The van der Waals surface area contributed by atoms with Crippen LogP contribution in [0.25, 0.3) is 0 Å². The van der Waals surface area contributed by atoms with Crippen LogP contribution in [-0.4, -0.2) is 27.9 Å². The SMILES string of the molecule is CC(C)N(C)c1ccc(NS(=O)(=O)c2ccccc2OC(F)(F)F)cc1F. The summed E-state index contributed by atoms with van der Waals surface area (Å²) in [7, 11) is -2.76. The first-order valence-electron chi connectivity index (χ1n) is 7.80. The van der Waals surface area contributed by atoms with Crippen molar-refractivity contribution in [3.05, 3.63) is 48.3 Å². The number of rotatable bonds is 6. The van der Waals surface area contributed by atoms with Gasteiger partial charge in [-0.15, -0.1) is 13.2 Å². The second-order valence-electron chi connectivity index (χ2n) is 5.97. The Balaban J connectivity index is 2.34. The fourth-order valence-corrected chi connectivity index (χ4v) is 3.41. The largest absolute Gasteiger partial charge is 0.573 e. The van der Waals surface area contributed by atoms with Crippen molar-refractivity contribution in [3.8, 4) is 5.75 Å². The Morgan fingerprint density at radius 2 is 1.74 bits per heavy atom. The first kappa shape index (κ1) is 20.8. The molecule has 2 rings (SSSR count). The van der Waals surface area contributed by atoms with Crippen molar-refractivity contribution in [3.63, 3.8) is 0 Å². The van der Waals surface area contributed by atoms with Gasteiger partial charge in [-0.25, -0.2) is 12.8 Å². The minimum Gasteiger partial charge on any atom is -0.404 e. The summed E-state index contributed by atoms with van der Waals surface area (Å²) >= 11 is 0. The predicted octanol–water partition coefficient (Wildman–Crippen LogP) is 4.37. The van der Waals surface area contributed by atoms with E-state index in [4.69, 9.17) is 0 Å². The van der Waals surface area contributed by atoms with E-state index < -0.39 is 32.8 Å². The molecule has 0 amide bonds. The van der Waals surface area contributed by atoms with Gasteiger partial charge >= 0.3 is 6.36 Å². The van der Waals surface area contributed by atoms with E-state index in [0.717, 1.165) is 18.2 Å². The summed E-state index contributed by atoms with van der Waals surface area (Å²) < 4.78 is 82.5. The smallest absolute Gasteiger partial charge is 0.404 e. The Morgan fingerprint density at radius 1 is 1.11 bits per heavy atom. The molecule has 1 N–H and O–H groups in total. The normalized spacial score (nSPS) is 12.1. The molecule has 0 bridgehead atoms. The summed E-state index contributed by atoms with van der Waals surface area (Å²) in [5, 5.41) is 0. The van der Waals surface area contributed by atoms with E-state index in [1.54, 1.807) is 11.9 Å². The molecule has 0 atom stereocenters. The van der Waals surface area contributed by atoms with E-state index in [-0.39, 0.29) is 17.4 Å². The van der Waals surface area contributed by atoms with Crippen LogP contribution in [0.4, 0.5) is 28.9 Å². The molecule has 0 radical (unpaired) electrons. The Kier molecular flexibility index (Phi) is 5.88. The number of ether oxygens (including phenoxy) is 1. The predicted molar refractivity (Wildman–Crippen MR) is 93.9 cm³/mol. The lowest BCUT2D eigenvalue weighted by atomic mass is 10.2. The Labute approximate surface area is 154 Å². The molecule has 148 valence electrons. The van der Waals surface area contributed by atoms with E-state index in [9.17, 15) is 26.0 Å². The molecule has 0 aliphatic carbocycles. The molecule has 0 saturated carbocycles. The Morgan fingerprint density at radius 3 is 2.30 bits per heavy atom. The van der Waals surface area contributed by atoms with Gasteiger partial charge in [-0.2, -0.15) is 0 Å². The second kappa shape index (κ2) is 7.63. The summed E-state index contributed by atoms with van der Waals surface area (Å²) in [5.41, 5.74) is 0.129. The summed E-state index contributed by atoms with van der Waals surface area (Å²) in [6.07, 6.45) is -5.05. The number of para-hydroxylation sites is 1. The van der Waals surface area contributed by atoms with Crippen LogP contribution >= 0.6 is 0 Å². The zero-order valence-electron chi connectivity index (χ0n) is 14.7. The van der Waals surface area contributed by atoms with Crippen molar-refractivity contribution in [1.82, 2.24) is 0 Å². The number of benzene rings is 2. The maximum atomic E-state index is 14.3. The fourth-order valence-electron chi connectivity index (χ4n) is 2.23. The van der Waals surface area contributed by atoms with Crippen LogP contribution in [0, 0.1) is 5.82 Å². The molecule has 0 heterocycles. The highest BCUT2D eigenvalue weighted by atomic mass is 32.2. The molecule has 0 saturated heterocycles. The number of nitrogens with zero attached hydrogens (tertiary/aromatic N) is 1. The Hall–Kier alpha value is -2.49. The van der Waals surface area contributed by atoms with Crippen LogP contribution in [0.15, 0.2) is 47.4 Å². The number of hydrogen-bond donors (Lipinski definition) is 1. The van der Waals surface area contributed by atoms with Crippen molar-refractivity contribution in [2.24, 2.45) is 0 Å². The maximum Gasteiger partial charge on any atom is 0.573 e. The number of halogens is 4. The zero-order valence-corrected chi connectivity index (χ0v) is 15.5. The average molecular weight is 406 g/mol. The number of anilines is 2. The average Bonchev–Trinajstić information content (AvgIpc) is 2.52. The Bertz CT molecular complexity index is 915. The van der Waals surface area contributed by atoms with Crippen molar-refractivity contribution in [2.45, 2.75) is 31.1 Å². The van der Waals surface area contributed by atoms with Crippen LogP contribution in [0.3, 0.4) is 0 Å². The third kappa shape index (κ3) is 5.25. The highest BCUT2D eigenvalue weighted by Gasteiger charge is 2.34. The van der Waals surface area contributed by atoms with E-state index in [0.29, 0.717) is 0 Å². The molecule has 0 spiro atoms. The van der Waals surface area contributed by atoms with Crippen LogP contribution < -0.4 is 14.4 Å². The molecule has 5 nitrogen and oxygen atoms in total. The molecule has 0 aromatic heterocycles. The van der Waals surface area contributed by atoms with Gasteiger partial charge in [0.2, 0.25) is 0 Å². The lowest BCUT2D eigenvalue weighted by molar-refractivity contribution is -0.275. The fraction of sp³-hybridized carbons (Fsp3) is 0.294. The third-order valence-corrected chi connectivity index (χ3v) is 5.14. The van der Waals surface area contributed by atoms with E-state index in [1.807, 2.05) is 13.8 Å². The van der Waals surface area contributed by atoms with Crippen molar-refractivity contribution in [1.29, 1.82) is 0 Å². The van der Waals surface area contributed by atoms with Gasteiger partial charge in [-0.1, -0.05) is 12.1 Å². The van der Waals surface area contributed by atoms with Gasteiger partial charge in [0.1, 0.15) is 16.5 Å². The van der Waals surface area contributed by atoms with Gasteiger partial charge < -0.3 is 9.64 Å². The van der Waals surface area contributed by atoms with Crippen LogP contribution in [0.5, 0.6) is 5.75 Å². The van der Waals surface area contributed by atoms with Crippen LogP contribution in [0.2, 0.25) is 0 Å². The third-order valence-electron chi connectivity index (χ3n) is 3.72. The molecule has 0 aliphatic rings. The van der Waals surface area contributed by atoms with Gasteiger partial charge in [0, 0.05) is 19.2 Å². The molecular weight excluding hydrogens is 388 g/mol. The van der Waals surface area contributed by atoms with Gasteiger partial charge in [-0.05, 0) is 38.1 Å². The molecule has 10 heteroatoms. The zero-order chi connectivity index (χ0) is 20.4. The highest BCUT2D eigenvalue weighted by Crippen LogP contribution is 2.31. The van der Waals surface area contributed by atoms with Gasteiger partial charge in [0.25, 0.3) is 10.0 Å². The first-order chi connectivity index (χ1) is 12.4. The number of alkyl halides is 3. The van der Waals surface area contributed by atoms with Gasteiger partial charge in [-0.3, -0.25) is 4.72 Å². The molecular formula is C17H18F4N2O3S. The topological polar surface area (TPSA) is 58.6 Å². The summed E-state index contributed by atoms with van der Waals surface area (Å²) in [5.74, 6) is -1.56. The molecule has 0 unspecified atom stereocenters. The van der Waals surface area contributed by atoms with Gasteiger partial charge in [0.05, 0.1) is 11.4 Å². The lowest BCUT2D eigenvalue weighted by Crippen LogP contribution is -2.26. The van der Waals surface area contributed by atoms with Crippen molar-refractivity contribution in [2.75, 3.05) is 16.7 Å². The minimum absolute atomic E-state index is 0.00781. The standard InChI is InChI=1S/C17H18F4N2O3S/c1-11(2)23(3)14-9-8-12(10-13(14)18)22-27(24,25)16-7-5-4-6-15(16)26-17(19,20)21/h4-11,22H,1-3H3. The second-order valence-corrected chi connectivity index (χ2v) is 7.62. The summed E-state index contributed by atoms with van der Waals surface area (Å²) in [6, 6.07) is 7.96. The van der Waals surface area contributed by atoms with Crippen molar-refractivity contribution >= 4 is 21.4 Å². The van der Waals surface area contributed by atoms with E-state index in [1.165, 1.54) is 24.3 Å². The number of hydrogen-bond acceptors (Lipinski definition) is 4. The van der Waals surface area contributed by atoms with Crippen molar-refractivity contribution < 1.29 is 30.7 Å². The molecule has 0 aliphatic heterocycles. The lowest BCUT2D eigenvalue weighted by Gasteiger charge is -2.24. The molecule has 27 heavy (non-hydrogen) atoms. The first-order valence-corrected chi connectivity index (χ1v) is 9.29. The minimum atomic E-state index is -5.05. The highest BCUT2D eigenvalue weighted by molar-refractivity contribution is 7.92. The summed E-state index contributed by atoms with van der Waals surface area (Å²) in [6.45, 7) is 3.71. The monoisotopic (exact) mass is 406 g/mol.